The molecule has 0 spiro atoms. The van der Waals surface area contributed by atoms with E-state index >= 15 is 0 Å². The molecule has 0 saturated carbocycles. The predicted molar refractivity (Wildman–Crippen MR) is 97.0 cm³/mol. The molecule has 1 aromatic carbocycles. The molecule has 3 N–H and O–H groups in total. The highest BCUT2D eigenvalue weighted by atomic mass is 35.5. The highest BCUT2D eigenvalue weighted by Gasteiger charge is 2.10. The van der Waals surface area contributed by atoms with Crippen LogP contribution in [0.4, 0.5) is 5.69 Å². The number of nitrogen functional groups attached to an aromatic ring is 1. The molecule has 0 unspecified atom stereocenters. The van der Waals surface area contributed by atoms with Gasteiger partial charge in [-0.05, 0) is 29.3 Å². The van der Waals surface area contributed by atoms with Crippen molar-refractivity contribution < 1.29 is 0 Å². The van der Waals surface area contributed by atoms with Gasteiger partial charge in [0.1, 0.15) is 5.65 Å². The van der Waals surface area contributed by atoms with Crippen molar-refractivity contribution in [3.8, 4) is 11.1 Å². The molecule has 0 atom stereocenters. The Morgan fingerprint density at radius 1 is 1.17 bits per heavy atom. The van der Waals surface area contributed by atoms with Gasteiger partial charge >= 0.3 is 0 Å². The molecule has 0 radical (unpaired) electrons. The van der Waals surface area contributed by atoms with Gasteiger partial charge in [-0.15, -0.1) is 0 Å². The van der Waals surface area contributed by atoms with Crippen molar-refractivity contribution in [2.75, 3.05) is 5.73 Å². The van der Waals surface area contributed by atoms with E-state index in [-0.39, 0.29) is 0 Å². The molecular formula is C18H16ClN5. The number of halogens is 1. The molecule has 0 aliphatic heterocycles. The fraction of sp³-hybridized carbons (Fsp3) is 0.111. The van der Waals surface area contributed by atoms with Crippen LogP contribution in [0.5, 0.6) is 0 Å². The summed E-state index contributed by atoms with van der Waals surface area (Å²) in [6, 6.07) is 7.75. The summed E-state index contributed by atoms with van der Waals surface area (Å²) in [5, 5.41) is 5.96. The number of aryl methyl sites for hydroxylation is 1. The third kappa shape index (κ3) is 2.63. The third-order valence-corrected chi connectivity index (χ3v) is 4.38. The van der Waals surface area contributed by atoms with Crippen LogP contribution in [0, 0.1) is 0 Å². The van der Waals surface area contributed by atoms with E-state index in [0.29, 0.717) is 10.7 Å². The van der Waals surface area contributed by atoms with Gasteiger partial charge in [0.25, 0.3) is 0 Å². The topological polar surface area (TPSA) is 72.5 Å². The van der Waals surface area contributed by atoms with E-state index in [2.05, 4.69) is 21.1 Å². The molecule has 5 nitrogen and oxygen atoms in total. The Balaban J connectivity index is 1.75. The first-order valence-corrected chi connectivity index (χ1v) is 7.97. The second kappa shape index (κ2) is 5.69. The van der Waals surface area contributed by atoms with Crippen molar-refractivity contribution in [2.24, 2.45) is 7.05 Å². The first-order valence-electron chi connectivity index (χ1n) is 7.59. The van der Waals surface area contributed by atoms with Gasteiger partial charge in [0, 0.05) is 59.3 Å². The summed E-state index contributed by atoms with van der Waals surface area (Å²) < 4.78 is 1.78. The van der Waals surface area contributed by atoms with Crippen molar-refractivity contribution in [2.45, 2.75) is 6.42 Å². The maximum atomic E-state index is 6.08. The van der Waals surface area contributed by atoms with Crippen LogP contribution in [0.15, 0.2) is 49.1 Å². The number of hydrogen-bond acceptors (Lipinski definition) is 3. The number of nitrogens with one attached hydrogen (secondary N) is 1. The number of pyridine rings is 1. The molecule has 6 heteroatoms. The lowest BCUT2D eigenvalue weighted by Crippen LogP contribution is -1.95. The fourth-order valence-corrected chi connectivity index (χ4v) is 3.04. The normalized spacial score (nSPS) is 11.2. The summed E-state index contributed by atoms with van der Waals surface area (Å²) >= 11 is 5.98. The highest BCUT2D eigenvalue weighted by Crippen LogP contribution is 2.27. The maximum Gasteiger partial charge on any atom is 0.137 e. The van der Waals surface area contributed by atoms with Crippen LogP contribution in [-0.4, -0.2) is 19.7 Å². The number of nitrogens with zero attached hydrogens (tertiary/aromatic N) is 3. The van der Waals surface area contributed by atoms with Crippen molar-refractivity contribution in [3.05, 3.63) is 65.2 Å². The molecule has 0 aliphatic rings. The zero-order valence-corrected chi connectivity index (χ0v) is 13.9. The van der Waals surface area contributed by atoms with E-state index in [0.717, 1.165) is 39.7 Å². The average molecular weight is 338 g/mol. The Bertz CT molecular complexity index is 1030. The summed E-state index contributed by atoms with van der Waals surface area (Å²) in [6.07, 6.45) is 8.38. The first kappa shape index (κ1) is 14.8. The SMILES string of the molecule is Cn1cc(-c2cnc3[nH]cc(Cc4ccc(Cl)cc4N)c3c2)cn1. The summed E-state index contributed by atoms with van der Waals surface area (Å²) in [5.41, 5.74) is 11.9. The summed E-state index contributed by atoms with van der Waals surface area (Å²) in [7, 11) is 1.90. The van der Waals surface area contributed by atoms with Crippen LogP contribution in [-0.2, 0) is 13.5 Å². The minimum absolute atomic E-state index is 0.649. The Kier molecular flexibility index (Phi) is 3.50. The number of anilines is 1. The van der Waals surface area contributed by atoms with Crippen LogP contribution in [0.3, 0.4) is 0 Å². The molecule has 0 amide bonds. The number of nitrogens with two attached hydrogens (primary N) is 1. The van der Waals surface area contributed by atoms with Crippen molar-refractivity contribution in [1.82, 2.24) is 19.7 Å². The number of rotatable bonds is 3. The van der Waals surface area contributed by atoms with Gasteiger partial charge in [0.2, 0.25) is 0 Å². The van der Waals surface area contributed by atoms with E-state index in [1.807, 2.05) is 44.0 Å². The lowest BCUT2D eigenvalue weighted by atomic mass is 10.0. The van der Waals surface area contributed by atoms with Gasteiger partial charge in [0.05, 0.1) is 6.20 Å². The number of hydrogen-bond donors (Lipinski definition) is 2. The van der Waals surface area contributed by atoms with Gasteiger partial charge in [-0.2, -0.15) is 5.10 Å². The van der Waals surface area contributed by atoms with Crippen molar-refractivity contribution in [1.29, 1.82) is 0 Å². The Labute approximate surface area is 144 Å². The average Bonchev–Trinajstić information content (AvgIpc) is 3.16. The monoisotopic (exact) mass is 337 g/mol. The largest absolute Gasteiger partial charge is 0.398 e. The molecule has 0 fully saturated rings. The fourth-order valence-electron chi connectivity index (χ4n) is 2.86. The molecule has 0 aliphatic carbocycles. The second-order valence-corrected chi connectivity index (χ2v) is 6.29. The molecule has 4 rings (SSSR count). The molecule has 24 heavy (non-hydrogen) atoms. The number of H-pyrrole nitrogens is 1. The van der Waals surface area contributed by atoms with E-state index < -0.39 is 0 Å². The molecule has 120 valence electrons. The van der Waals surface area contributed by atoms with Gasteiger partial charge in [-0.25, -0.2) is 4.98 Å². The molecular weight excluding hydrogens is 322 g/mol. The first-order chi connectivity index (χ1) is 11.6. The number of fused-ring (bicyclic) bond motifs is 1. The summed E-state index contributed by atoms with van der Waals surface area (Å²) in [5.74, 6) is 0. The Morgan fingerprint density at radius 3 is 2.79 bits per heavy atom. The highest BCUT2D eigenvalue weighted by molar-refractivity contribution is 6.30. The van der Waals surface area contributed by atoms with E-state index in [4.69, 9.17) is 17.3 Å². The van der Waals surface area contributed by atoms with Crippen LogP contribution in [0.25, 0.3) is 22.2 Å². The molecule has 3 aromatic heterocycles. The molecule has 0 saturated heterocycles. The number of benzene rings is 1. The maximum absolute atomic E-state index is 6.08. The van der Waals surface area contributed by atoms with Crippen LogP contribution in [0.2, 0.25) is 5.02 Å². The Hall–Kier alpha value is -2.79. The number of aromatic nitrogens is 4. The summed E-state index contributed by atoms with van der Waals surface area (Å²) in [6.45, 7) is 0. The minimum atomic E-state index is 0.649. The standard InChI is InChI=1S/C18H16ClN5/c1-24-10-14(9-23-24)12-5-16-13(8-22-18(16)21-7-12)4-11-2-3-15(19)6-17(11)20/h2-3,5-10H,4,20H2,1H3,(H,21,22). The van der Waals surface area contributed by atoms with Crippen LogP contribution in [0.1, 0.15) is 11.1 Å². The van der Waals surface area contributed by atoms with E-state index in [1.54, 1.807) is 10.7 Å². The number of aromatic amines is 1. The predicted octanol–water partition coefficient (Wildman–Crippen LogP) is 3.79. The Morgan fingerprint density at radius 2 is 2.04 bits per heavy atom. The van der Waals surface area contributed by atoms with Crippen LogP contribution < -0.4 is 5.73 Å². The van der Waals surface area contributed by atoms with Gasteiger partial charge < -0.3 is 10.7 Å². The molecule has 3 heterocycles. The van der Waals surface area contributed by atoms with Gasteiger partial charge in [-0.3, -0.25) is 4.68 Å². The van der Waals surface area contributed by atoms with Gasteiger partial charge in [0.15, 0.2) is 0 Å². The van der Waals surface area contributed by atoms with Gasteiger partial charge in [-0.1, -0.05) is 17.7 Å². The van der Waals surface area contributed by atoms with Crippen molar-refractivity contribution in [3.63, 3.8) is 0 Å². The lowest BCUT2D eigenvalue weighted by Gasteiger charge is -2.06. The second-order valence-electron chi connectivity index (χ2n) is 5.86. The summed E-state index contributed by atoms with van der Waals surface area (Å²) in [4.78, 5) is 7.74. The molecule has 0 bridgehead atoms. The lowest BCUT2D eigenvalue weighted by molar-refractivity contribution is 0.768. The quantitative estimate of drug-likeness (QED) is 0.559. The molecule has 4 aromatic rings. The minimum Gasteiger partial charge on any atom is -0.398 e. The zero-order chi connectivity index (χ0) is 16.7. The zero-order valence-electron chi connectivity index (χ0n) is 13.1. The van der Waals surface area contributed by atoms with Crippen LogP contribution >= 0.6 is 11.6 Å². The smallest absolute Gasteiger partial charge is 0.137 e. The van der Waals surface area contributed by atoms with E-state index in [1.165, 1.54) is 0 Å². The third-order valence-electron chi connectivity index (χ3n) is 4.14. The van der Waals surface area contributed by atoms with E-state index in [9.17, 15) is 0 Å². The van der Waals surface area contributed by atoms with Crippen molar-refractivity contribution >= 4 is 28.3 Å².